The van der Waals surface area contributed by atoms with Gasteiger partial charge in [-0.25, -0.2) is 4.98 Å². The molecule has 0 atom stereocenters. The monoisotopic (exact) mass is 287 g/mol. The fraction of sp³-hybridized carbons (Fsp3) is 0.214. The number of hydrogen-bond acceptors (Lipinski definition) is 5. The van der Waals surface area contributed by atoms with E-state index >= 15 is 0 Å². The maximum Gasteiger partial charge on any atom is 0.271 e. The van der Waals surface area contributed by atoms with Gasteiger partial charge in [0.2, 0.25) is 0 Å². The molecule has 0 fully saturated rings. The van der Waals surface area contributed by atoms with Gasteiger partial charge in [0.25, 0.3) is 5.56 Å². The third-order valence-electron chi connectivity index (χ3n) is 2.98. The van der Waals surface area contributed by atoms with Crippen LogP contribution in [0.15, 0.2) is 34.7 Å². The lowest BCUT2D eigenvalue weighted by atomic mass is 10.3. The first kappa shape index (κ1) is 12.8. The molecule has 0 aliphatic carbocycles. The van der Waals surface area contributed by atoms with Gasteiger partial charge in [0, 0.05) is 17.8 Å². The minimum absolute atomic E-state index is 0.0349. The molecule has 3 aromatic heterocycles. The number of methoxy groups -OCH3 is 1. The van der Waals surface area contributed by atoms with Crippen molar-refractivity contribution in [2.45, 2.75) is 13.5 Å². The Morgan fingerprint density at radius 1 is 1.40 bits per heavy atom. The van der Waals surface area contributed by atoms with Gasteiger partial charge in [-0.3, -0.25) is 14.3 Å². The van der Waals surface area contributed by atoms with Crippen LogP contribution in [0.1, 0.15) is 11.4 Å². The van der Waals surface area contributed by atoms with Crippen molar-refractivity contribution in [1.82, 2.24) is 14.5 Å². The van der Waals surface area contributed by atoms with Crippen molar-refractivity contribution in [3.8, 4) is 5.75 Å². The SMILES string of the molecule is COc1cc(C)nc(Cn2cnc3ccsc3c2=O)c1. The van der Waals surface area contributed by atoms with E-state index in [1.165, 1.54) is 11.3 Å². The van der Waals surface area contributed by atoms with Crippen LogP contribution in [0.4, 0.5) is 0 Å². The molecule has 0 spiro atoms. The van der Waals surface area contributed by atoms with E-state index in [1.54, 1.807) is 18.0 Å². The first-order valence-electron chi connectivity index (χ1n) is 6.11. The molecule has 3 aromatic rings. The van der Waals surface area contributed by atoms with Gasteiger partial charge in [-0.05, 0) is 18.4 Å². The number of aromatic nitrogens is 3. The second kappa shape index (κ2) is 5.05. The molecular weight excluding hydrogens is 274 g/mol. The Morgan fingerprint density at radius 2 is 2.25 bits per heavy atom. The quantitative estimate of drug-likeness (QED) is 0.741. The summed E-state index contributed by atoms with van der Waals surface area (Å²) < 4.78 is 7.46. The van der Waals surface area contributed by atoms with Crippen molar-refractivity contribution in [2.75, 3.05) is 7.11 Å². The molecule has 20 heavy (non-hydrogen) atoms. The number of thiophene rings is 1. The van der Waals surface area contributed by atoms with Crippen LogP contribution in [-0.2, 0) is 6.54 Å². The lowest BCUT2D eigenvalue weighted by Crippen LogP contribution is -2.20. The second-order valence-corrected chi connectivity index (χ2v) is 5.37. The van der Waals surface area contributed by atoms with Gasteiger partial charge in [-0.1, -0.05) is 0 Å². The van der Waals surface area contributed by atoms with E-state index in [9.17, 15) is 4.79 Å². The summed E-state index contributed by atoms with van der Waals surface area (Å²) >= 11 is 1.41. The molecule has 0 aliphatic rings. The highest BCUT2D eigenvalue weighted by Crippen LogP contribution is 2.15. The summed E-state index contributed by atoms with van der Waals surface area (Å²) in [6.07, 6.45) is 1.56. The summed E-state index contributed by atoms with van der Waals surface area (Å²) in [5.41, 5.74) is 2.34. The Morgan fingerprint density at radius 3 is 3.05 bits per heavy atom. The van der Waals surface area contributed by atoms with Crippen LogP contribution < -0.4 is 10.3 Å². The van der Waals surface area contributed by atoms with Gasteiger partial charge in [0.15, 0.2) is 0 Å². The normalized spacial score (nSPS) is 10.9. The van der Waals surface area contributed by atoms with Crippen LogP contribution in [-0.4, -0.2) is 21.6 Å². The largest absolute Gasteiger partial charge is 0.497 e. The van der Waals surface area contributed by atoms with Crippen LogP contribution in [0.3, 0.4) is 0 Å². The summed E-state index contributed by atoms with van der Waals surface area (Å²) in [6, 6.07) is 5.53. The van der Waals surface area contributed by atoms with Crippen LogP contribution in [0, 0.1) is 6.92 Å². The average molecular weight is 287 g/mol. The number of hydrogen-bond donors (Lipinski definition) is 0. The van der Waals surface area contributed by atoms with E-state index in [2.05, 4.69) is 9.97 Å². The van der Waals surface area contributed by atoms with Gasteiger partial charge < -0.3 is 4.74 Å². The molecule has 0 aromatic carbocycles. The third-order valence-corrected chi connectivity index (χ3v) is 3.88. The van der Waals surface area contributed by atoms with E-state index in [0.29, 0.717) is 11.2 Å². The van der Waals surface area contributed by atoms with E-state index in [4.69, 9.17) is 4.74 Å². The van der Waals surface area contributed by atoms with Crippen molar-refractivity contribution in [1.29, 1.82) is 0 Å². The van der Waals surface area contributed by atoms with Gasteiger partial charge in [0.1, 0.15) is 10.4 Å². The summed E-state index contributed by atoms with van der Waals surface area (Å²) in [5.74, 6) is 0.741. The Hall–Kier alpha value is -2.21. The van der Waals surface area contributed by atoms with Crippen molar-refractivity contribution >= 4 is 21.6 Å². The van der Waals surface area contributed by atoms with Gasteiger partial charge in [0.05, 0.1) is 31.2 Å². The van der Waals surface area contributed by atoms with Crippen molar-refractivity contribution in [3.63, 3.8) is 0 Å². The third kappa shape index (κ3) is 2.30. The zero-order valence-corrected chi connectivity index (χ0v) is 12.0. The Labute approximate surface area is 119 Å². The van der Waals surface area contributed by atoms with E-state index in [-0.39, 0.29) is 5.56 Å². The molecule has 102 valence electrons. The molecule has 0 saturated carbocycles. The molecule has 3 heterocycles. The molecule has 3 rings (SSSR count). The predicted molar refractivity (Wildman–Crippen MR) is 78.5 cm³/mol. The zero-order valence-electron chi connectivity index (χ0n) is 11.2. The van der Waals surface area contributed by atoms with E-state index in [1.807, 2.05) is 30.5 Å². The molecule has 0 unspecified atom stereocenters. The van der Waals surface area contributed by atoms with Gasteiger partial charge >= 0.3 is 0 Å². The highest BCUT2D eigenvalue weighted by atomic mass is 32.1. The summed E-state index contributed by atoms with van der Waals surface area (Å²) in [7, 11) is 1.62. The highest BCUT2D eigenvalue weighted by Gasteiger charge is 2.07. The molecule has 0 bridgehead atoms. The summed E-state index contributed by atoms with van der Waals surface area (Å²) in [4.78, 5) is 21.0. The second-order valence-electron chi connectivity index (χ2n) is 4.45. The minimum atomic E-state index is -0.0349. The maximum atomic E-state index is 12.3. The van der Waals surface area contributed by atoms with E-state index < -0.39 is 0 Å². The van der Waals surface area contributed by atoms with Crippen LogP contribution in [0.5, 0.6) is 5.75 Å². The minimum Gasteiger partial charge on any atom is -0.497 e. The first-order valence-corrected chi connectivity index (χ1v) is 6.99. The van der Waals surface area contributed by atoms with Gasteiger partial charge in [-0.15, -0.1) is 11.3 Å². The Bertz CT molecular complexity index is 823. The predicted octanol–water partition coefficient (Wildman–Crippen LogP) is 2.22. The molecule has 0 amide bonds. The summed E-state index contributed by atoms with van der Waals surface area (Å²) in [6.45, 7) is 2.28. The van der Waals surface area contributed by atoms with Crippen LogP contribution >= 0.6 is 11.3 Å². The molecule has 5 nitrogen and oxygen atoms in total. The number of nitrogens with zero attached hydrogens (tertiary/aromatic N) is 3. The van der Waals surface area contributed by atoms with E-state index in [0.717, 1.165) is 22.7 Å². The lowest BCUT2D eigenvalue weighted by molar-refractivity contribution is 0.412. The number of fused-ring (bicyclic) bond motifs is 1. The van der Waals surface area contributed by atoms with Gasteiger partial charge in [-0.2, -0.15) is 0 Å². The smallest absolute Gasteiger partial charge is 0.271 e. The van der Waals surface area contributed by atoms with Crippen LogP contribution in [0.2, 0.25) is 0 Å². The van der Waals surface area contributed by atoms with Crippen LogP contribution in [0.25, 0.3) is 10.2 Å². The fourth-order valence-electron chi connectivity index (χ4n) is 2.07. The molecular formula is C14H13N3O2S. The van der Waals surface area contributed by atoms with Crippen molar-refractivity contribution < 1.29 is 4.74 Å². The molecule has 6 heteroatoms. The Balaban J connectivity index is 2.02. The zero-order chi connectivity index (χ0) is 14.1. The highest BCUT2D eigenvalue weighted by molar-refractivity contribution is 7.17. The lowest BCUT2D eigenvalue weighted by Gasteiger charge is -2.08. The standard InChI is InChI=1S/C14H13N3O2S/c1-9-5-11(19-2)6-10(16-9)7-17-8-15-12-3-4-20-13(12)14(17)18/h3-6,8H,7H2,1-2H3. The number of pyridine rings is 1. The number of rotatable bonds is 3. The van der Waals surface area contributed by atoms with Crippen molar-refractivity contribution in [2.24, 2.45) is 0 Å². The number of aryl methyl sites for hydroxylation is 1. The molecule has 0 radical (unpaired) electrons. The molecule has 0 aliphatic heterocycles. The topological polar surface area (TPSA) is 57.0 Å². The first-order chi connectivity index (χ1) is 9.67. The maximum absolute atomic E-state index is 12.3. The molecule has 0 N–H and O–H groups in total. The summed E-state index contributed by atoms with van der Waals surface area (Å²) in [5, 5.41) is 1.87. The Kier molecular flexibility index (Phi) is 3.23. The van der Waals surface area contributed by atoms with Crippen molar-refractivity contribution in [3.05, 3.63) is 51.6 Å². The molecule has 0 saturated heterocycles. The average Bonchev–Trinajstić information content (AvgIpc) is 2.90. The number of ether oxygens (including phenoxy) is 1. The fourth-order valence-corrected chi connectivity index (χ4v) is 2.86.